The lowest BCUT2D eigenvalue weighted by molar-refractivity contribution is -0.143. The smallest absolute Gasteiger partial charge is 0.326 e. The third-order valence-corrected chi connectivity index (χ3v) is 5.19. The molecule has 0 radical (unpaired) electrons. The minimum atomic E-state index is -1.70. The second-order valence-electron chi connectivity index (χ2n) is 8.63. The van der Waals surface area contributed by atoms with Gasteiger partial charge in [-0.15, -0.1) is 0 Å². The number of carbonyl (C=O) groups is 6. The topological polar surface area (TPSA) is 360 Å². The summed E-state index contributed by atoms with van der Waals surface area (Å²) < 4.78 is 0. The molecule has 226 valence electrons. The van der Waals surface area contributed by atoms with Gasteiger partial charge in [0.25, 0.3) is 0 Å². The molecule has 4 amide bonds. The Labute approximate surface area is 229 Å². The molecule has 0 aromatic rings. The summed E-state index contributed by atoms with van der Waals surface area (Å²) in [6.07, 6.45) is -0.991. The van der Waals surface area contributed by atoms with Gasteiger partial charge in [-0.2, -0.15) is 0 Å². The average molecular weight is 574 g/mol. The van der Waals surface area contributed by atoms with E-state index in [1.807, 2.05) is 0 Å². The number of rotatable bonds is 20. The molecule has 0 aromatic heterocycles. The summed E-state index contributed by atoms with van der Waals surface area (Å²) in [4.78, 5) is 79.7. The average Bonchev–Trinajstić information content (AvgIpc) is 2.84. The summed E-state index contributed by atoms with van der Waals surface area (Å²) in [5, 5.41) is 25.5. The Hall–Kier alpha value is -4.68. The molecule has 0 rings (SSSR count). The van der Waals surface area contributed by atoms with Crippen molar-refractivity contribution < 1.29 is 39.0 Å². The van der Waals surface area contributed by atoms with E-state index in [0.29, 0.717) is 0 Å². The van der Waals surface area contributed by atoms with Gasteiger partial charge in [0.1, 0.15) is 18.1 Å². The highest BCUT2D eigenvalue weighted by atomic mass is 16.4. The molecule has 4 unspecified atom stereocenters. The summed E-state index contributed by atoms with van der Waals surface area (Å²) in [5.41, 5.74) is 31.8. The fourth-order valence-corrected chi connectivity index (χ4v) is 3.17. The lowest BCUT2D eigenvalue weighted by atomic mass is 10.1. The van der Waals surface area contributed by atoms with Gasteiger partial charge in [-0.1, -0.05) is 0 Å². The Morgan fingerprint density at radius 3 is 1.55 bits per heavy atom. The quantitative estimate of drug-likeness (QED) is 0.0368. The van der Waals surface area contributed by atoms with Crippen LogP contribution in [-0.4, -0.2) is 95.0 Å². The van der Waals surface area contributed by atoms with Crippen LogP contribution >= 0.6 is 0 Å². The van der Waals surface area contributed by atoms with Crippen molar-refractivity contribution in [2.24, 2.45) is 44.4 Å². The van der Waals surface area contributed by atoms with Crippen LogP contribution in [0.2, 0.25) is 0 Å². The van der Waals surface area contributed by atoms with Gasteiger partial charge >= 0.3 is 11.9 Å². The second kappa shape index (κ2) is 18.6. The van der Waals surface area contributed by atoms with Crippen molar-refractivity contribution in [3.8, 4) is 0 Å². The first-order chi connectivity index (χ1) is 18.6. The van der Waals surface area contributed by atoms with E-state index in [-0.39, 0.29) is 63.5 Å². The Kier molecular flexibility index (Phi) is 16.4. The number of hydrogen-bond donors (Lipinski definition) is 11. The van der Waals surface area contributed by atoms with Crippen molar-refractivity contribution in [1.82, 2.24) is 16.0 Å². The van der Waals surface area contributed by atoms with Crippen molar-refractivity contribution in [3.05, 3.63) is 0 Å². The number of carbonyl (C=O) groups excluding carboxylic acids is 4. The predicted octanol–water partition coefficient (Wildman–Crippen LogP) is -5.30. The number of aliphatic carboxylic acids is 2. The number of primary amides is 1. The zero-order valence-corrected chi connectivity index (χ0v) is 21.9. The molecule has 0 spiro atoms. The van der Waals surface area contributed by atoms with Gasteiger partial charge in [0.2, 0.25) is 23.6 Å². The summed E-state index contributed by atoms with van der Waals surface area (Å²) in [6, 6.07) is -5.66. The number of nitrogens with one attached hydrogen (secondary N) is 3. The molecule has 40 heavy (non-hydrogen) atoms. The second-order valence-corrected chi connectivity index (χ2v) is 8.63. The van der Waals surface area contributed by atoms with Crippen LogP contribution in [0.3, 0.4) is 0 Å². The van der Waals surface area contributed by atoms with Crippen molar-refractivity contribution in [1.29, 1.82) is 0 Å². The Morgan fingerprint density at radius 2 is 1.10 bits per heavy atom. The van der Waals surface area contributed by atoms with E-state index in [4.69, 9.17) is 34.4 Å². The van der Waals surface area contributed by atoms with Gasteiger partial charge in [-0.25, -0.2) is 4.79 Å². The molecule has 4 atom stereocenters. The molecule has 0 fully saturated rings. The maximum Gasteiger partial charge on any atom is 0.326 e. The molecule has 0 aliphatic heterocycles. The minimum absolute atomic E-state index is 0.0547. The summed E-state index contributed by atoms with van der Waals surface area (Å²) in [6.45, 7) is 0.162. The number of amides is 4. The number of hydrogen-bond acceptors (Lipinski definition) is 9. The van der Waals surface area contributed by atoms with Crippen LogP contribution in [0.4, 0.5) is 0 Å². The number of nitrogens with two attached hydrogens (primary N) is 6. The van der Waals surface area contributed by atoms with E-state index >= 15 is 0 Å². The highest BCUT2D eigenvalue weighted by Crippen LogP contribution is 2.05. The monoisotopic (exact) mass is 573 g/mol. The normalized spacial score (nSPS) is 13.4. The number of carboxylic acid groups (broad SMARTS) is 2. The third kappa shape index (κ3) is 16.2. The van der Waals surface area contributed by atoms with Crippen LogP contribution < -0.4 is 50.4 Å². The van der Waals surface area contributed by atoms with Crippen molar-refractivity contribution >= 4 is 47.5 Å². The number of guanidine groups is 2. The fraction of sp³-hybridized carbons (Fsp3) is 0.619. The lowest BCUT2D eigenvalue weighted by Gasteiger charge is -2.24. The molecule has 19 nitrogen and oxygen atoms in total. The third-order valence-electron chi connectivity index (χ3n) is 5.19. The van der Waals surface area contributed by atoms with E-state index in [0.717, 1.165) is 0 Å². The van der Waals surface area contributed by atoms with Gasteiger partial charge in [-0.3, -0.25) is 34.0 Å². The van der Waals surface area contributed by atoms with Crippen LogP contribution in [0.5, 0.6) is 0 Å². The highest BCUT2D eigenvalue weighted by Gasteiger charge is 2.31. The van der Waals surface area contributed by atoms with Gasteiger partial charge in [0.05, 0.1) is 12.5 Å². The van der Waals surface area contributed by atoms with Crippen LogP contribution in [-0.2, 0) is 28.8 Å². The molecule has 17 N–H and O–H groups in total. The predicted molar refractivity (Wildman–Crippen MR) is 142 cm³/mol. The van der Waals surface area contributed by atoms with Crippen molar-refractivity contribution in [2.75, 3.05) is 13.1 Å². The van der Waals surface area contributed by atoms with E-state index in [2.05, 4.69) is 25.9 Å². The molecule has 0 saturated heterocycles. The summed E-state index contributed by atoms with van der Waals surface area (Å²) in [7, 11) is 0. The number of aliphatic imine (C=N–C) groups is 2. The van der Waals surface area contributed by atoms with E-state index in [1.54, 1.807) is 0 Å². The maximum atomic E-state index is 13.0. The standard InChI is InChI=1S/C21H39N11O8/c22-10(5-6-14(23)33)16(36)30-11(3-1-7-28-20(24)25)17(37)32-13(9-15(34)35)18(38)31-12(19(39)40)4-2-8-29-21(26)27/h10-13H,1-9,22H2,(H2,23,33)(H,30,36)(H,31,38)(H,32,37)(H,34,35)(H,39,40)(H4,24,25,28)(H4,26,27,29). The summed E-state index contributed by atoms with van der Waals surface area (Å²) >= 11 is 0. The molecule has 0 aliphatic carbocycles. The molecule has 0 aliphatic rings. The minimum Gasteiger partial charge on any atom is -0.481 e. The van der Waals surface area contributed by atoms with E-state index in [1.165, 1.54) is 0 Å². The molecule has 0 bridgehead atoms. The number of carboxylic acids is 2. The van der Waals surface area contributed by atoms with Crippen LogP contribution in [0.25, 0.3) is 0 Å². The SMILES string of the molecule is NC(=O)CCC(N)C(=O)NC(CCCN=C(N)N)C(=O)NC(CC(=O)O)C(=O)NC(CCCN=C(N)N)C(=O)O. The first-order valence-corrected chi connectivity index (χ1v) is 12.1. The van der Waals surface area contributed by atoms with Gasteiger partial charge in [0.15, 0.2) is 11.9 Å². The van der Waals surface area contributed by atoms with Crippen LogP contribution in [0, 0.1) is 0 Å². The van der Waals surface area contributed by atoms with E-state index in [9.17, 15) is 39.0 Å². The zero-order chi connectivity index (χ0) is 30.8. The Morgan fingerprint density at radius 1 is 0.650 bits per heavy atom. The first-order valence-electron chi connectivity index (χ1n) is 12.1. The molecule has 19 heteroatoms. The first kappa shape index (κ1) is 35.3. The van der Waals surface area contributed by atoms with Gasteiger partial charge < -0.3 is 60.6 Å². The van der Waals surface area contributed by atoms with Crippen molar-refractivity contribution in [3.63, 3.8) is 0 Å². The molecule has 0 heterocycles. The number of nitrogens with zero attached hydrogens (tertiary/aromatic N) is 2. The van der Waals surface area contributed by atoms with Crippen molar-refractivity contribution in [2.45, 2.75) is 69.1 Å². The molecule has 0 saturated carbocycles. The zero-order valence-electron chi connectivity index (χ0n) is 21.9. The van der Waals surface area contributed by atoms with E-state index < -0.39 is 66.2 Å². The summed E-state index contributed by atoms with van der Waals surface area (Å²) in [5.74, 6) is -6.83. The fourth-order valence-electron chi connectivity index (χ4n) is 3.17. The largest absolute Gasteiger partial charge is 0.481 e. The Balaban J connectivity index is 5.62. The lowest BCUT2D eigenvalue weighted by Crippen LogP contribution is -2.57. The van der Waals surface area contributed by atoms with Crippen LogP contribution in [0.1, 0.15) is 44.9 Å². The van der Waals surface area contributed by atoms with Gasteiger partial charge in [-0.05, 0) is 32.1 Å². The maximum absolute atomic E-state index is 13.0. The Bertz CT molecular complexity index is 964. The van der Waals surface area contributed by atoms with Crippen LogP contribution in [0.15, 0.2) is 9.98 Å². The van der Waals surface area contributed by atoms with Gasteiger partial charge in [0, 0.05) is 19.5 Å². The highest BCUT2D eigenvalue weighted by molar-refractivity contribution is 5.95. The molecular formula is C21H39N11O8. The molecular weight excluding hydrogens is 534 g/mol. The molecule has 0 aromatic carbocycles.